The maximum absolute atomic E-state index is 12.9. The van der Waals surface area contributed by atoms with Crippen molar-refractivity contribution in [1.29, 1.82) is 0 Å². The number of anilines is 2. The molecule has 0 aliphatic carbocycles. The lowest BCUT2D eigenvalue weighted by atomic mass is 10.1. The van der Waals surface area contributed by atoms with E-state index in [2.05, 4.69) is 10.6 Å². The number of carbonyl (C=O) groups excluding carboxylic acids is 1. The van der Waals surface area contributed by atoms with Gasteiger partial charge in [-0.1, -0.05) is 30.3 Å². The predicted molar refractivity (Wildman–Crippen MR) is 120 cm³/mol. The molecule has 2 N–H and O–H groups in total. The molecular formula is C24H24N2O4. The van der Waals surface area contributed by atoms with Gasteiger partial charge in [0, 0.05) is 16.8 Å². The molecule has 0 spiro atoms. The SMILES string of the molecule is CCOc1ccccc1N[C@H](C)C(=O)Nc1cc2oc3ccccc3c2cc1OC. The van der Waals surface area contributed by atoms with Gasteiger partial charge in [0.15, 0.2) is 0 Å². The van der Waals surface area contributed by atoms with Crippen molar-refractivity contribution < 1.29 is 18.7 Å². The van der Waals surface area contributed by atoms with Gasteiger partial charge in [0.05, 0.1) is 25.1 Å². The lowest BCUT2D eigenvalue weighted by Crippen LogP contribution is -2.32. The molecule has 1 atom stereocenters. The van der Waals surface area contributed by atoms with Gasteiger partial charge < -0.3 is 24.5 Å². The third-order valence-electron chi connectivity index (χ3n) is 4.91. The number of rotatable bonds is 7. The molecule has 0 fully saturated rings. The first-order chi connectivity index (χ1) is 14.6. The molecule has 0 aliphatic rings. The number of methoxy groups -OCH3 is 1. The Morgan fingerprint density at radius 1 is 0.967 bits per heavy atom. The first-order valence-electron chi connectivity index (χ1n) is 9.89. The van der Waals surface area contributed by atoms with Gasteiger partial charge >= 0.3 is 0 Å². The number of para-hydroxylation sites is 3. The van der Waals surface area contributed by atoms with Gasteiger partial charge in [0.1, 0.15) is 28.7 Å². The van der Waals surface area contributed by atoms with Crippen LogP contribution in [0.2, 0.25) is 0 Å². The maximum Gasteiger partial charge on any atom is 0.246 e. The Kier molecular flexibility index (Phi) is 5.48. The number of benzene rings is 3. The summed E-state index contributed by atoms with van der Waals surface area (Å²) in [5.41, 5.74) is 2.80. The van der Waals surface area contributed by atoms with E-state index in [1.54, 1.807) is 20.1 Å². The van der Waals surface area contributed by atoms with E-state index >= 15 is 0 Å². The van der Waals surface area contributed by atoms with Crippen LogP contribution in [0.4, 0.5) is 11.4 Å². The average Bonchev–Trinajstić information content (AvgIpc) is 3.12. The van der Waals surface area contributed by atoms with Gasteiger partial charge in [-0.15, -0.1) is 0 Å². The Morgan fingerprint density at radius 2 is 1.73 bits per heavy atom. The molecule has 0 unspecified atom stereocenters. The minimum Gasteiger partial charge on any atom is -0.495 e. The molecule has 0 radical (unpaired) electrons. The molecule has 4 rings (SSSR count). The molecular weight excluding hydrogens is 380 g/mol. The van der Waals surface area contributed by atoms with Crippen LogP contribution in [0.15, 0.2) is 65.1 Å². The fourth-order valence-electron chi connectivity index (χ4n) is 3.43. The van der Waals surface area contributed by atoms with E-state index in [1.165, 1.54) is 0 Å². The number of hydrogen-bond donors (Lipinski definition) is 2. The van der Waals surface area contributed by atoms with E-state index in [0.717, 1.165) is 22.0 Å². The largest absolute Gasteiger partial charge is 0.495 e. The smallest absolute Gasteiger partial charge is 0.246 e. The summed E-state index contributed by atoms with van der Waals surface area (Å²) >= 11 is 0. The zero-order chi connectivity index (χ0) is 21.1. The second kappa shape index (κ2) is 8.37. The van der Waals surface area contributed by atoms with Crippen molar-refractivity contribution in [3.8, 4) is 11.5 Å². The lowest BCUT2D eigenvalue weighted by molar-refractivity contribution is -0.116. The number of fused-ring (bicyclic) bond motifs is 3. The van der Waals surface area contributed by atoms with E-state index in [0.29, 0.717) is 29.4 Å². The molecule has 0 aliphatic heterocycles. The summed E-state index contributed by atoms with van der Waals surface area (Å²) in [4.78, 5) is 12.9. The number of amides is 1. The third-order valence-corrected chi connectivity index (χ3v) is 4.91. The molecule has 0 saturated carbocycles. The summed E-state index contributed by atoms with van der Waals surface area (Å²) in [6.45, 7) is 4.27. The van der Waals surface area contributed by atoms with Crippen LogP contribution in [-0.4, -0.2) is 25.7 Å². The first kappa shape index (κ1) is 19.6. The van der Waals surface area contributed by atoms with Crippen LogP contribution in [0.5, 0.6) is 11.5 Å². The third kappa shape index (κ3) is 3.76. The van der Waals surface area contributed by atoms with E-state index in [9.17, 15) is 4.79 Å². The summed E-state index contributed by atoms with van der Waals surface area (Å²) in [6.07, 6.45) is 0. The van der Waals surface area contributed by atoms with Gasteiger partial charge in [-0.2, -0.15) is 0 Å². The Balaban J connectivity index is 1.58. The Hall–Kier alpha value is -3.67. The number of carbonyl (C=O) groups is 1. The summed E-state index contributed by atoms with van der Waals surface area (Å²) in [5, 5.41) is 8.10. The quantitative estimate of drug-likeness (QED) is 0.430. The number of furan rings is 1. The van der Waals surface area contributed by atoms with E-state index < -0.39 is 6.04 Å². The van der Waals surface area contributed by atoms with Crippen LogP contribution in [0.1, 0.15) is 13.8 Å². The molecule has 30 heavy (non-hydrogen) atoms. The Bertz CT molecular complexity index is 1200. The van der Waals surface area contributed by atoms with Crippen molar-refractivity contribution in [3.05, 3.63) is 60.7 Å². The van der Waals surface area contributed by atoms with E-state index in [4.69, 9.17) is 13.9 Å². The summed E-state index contributed by atoms with van der Waals surface area (Å²) < 4.78 is 17.1. The highest BCUT2D eigenvalue weighted by molar-refractivity contribution is 6.08. The van der Waals surface area contributed by atoms with Gasteiger partial charge in [0.2, 0.25) is 5.91 Å². The minimum absolute atomic E-state index is 0.199. The van der Waals surface area contributed by atoms with Crippen LogP contribution in [0.25, 0.3) is 21.9 Å². The summed E-state index contributed by atoms with van der Waals surface area (Å²) in [6, 6.07) is 18.6. The molecule has 3 aromatic carbocycles. The standard InChI is InChI=1S/C24H24N2O4/c1-4-29-21-12-8-6-10-18(21)25-15(2)24(27)26-19-14-22-17(13-23(19)28-3)16-9-5-7-11-20(16)30-22/h5-15,25H,4H2,1-3H3,(H,26,27)/t15-/m1/s1. The van der Waals surface area contributed by atoms with Crippen molar-refractivity contribution in [2.45, 2.75) is 19.9 Å². The Morgan fingerprint density at radius 3 is 2.53 bits per heavy atom. The number of hydrogen-bond acceptors (Lipinski definition) is 5. The van der Waals surface area contributed by atoms with Crippen LogP contribution in [0, 0.1) is 0 Å². The van der Waals surface area contributed by atoms with Crippen molar-refractivity contribution in [3.63, 3.8) is 0 Å². The average molecular weight is 404 g/mol. The molecule has 6 nitrogen and oxygen atoms in total. The van der Waals surface area contributed by atoms with Crippen molar-refractivity contribution in [2.75, 3.05) is 24.4 Å². The molecule has 154 valence electrons. The number of nitrogens with one attached hydrogen (secondary N) is 2. The van der Waals surface area contributed by atoms with Crippen LogP contribution >= 0.6 is 0 Å². The van der Waals surface area contributed by atoms with Gasteiger partial charge in [-0.05, 0) is 38.1 Å². The fraction of sp³-hybridized carbons (Fsp3) is 0.208. The normalized spacial score (nSPS) is 12.0. The summed E-state index contributed by atoms with van der Waals surface area (Å²) in [7, 11) is 1.58. The second-order valence-electron chi connectivity index (χ2n) is 6.93. The highest BCUT2D eigenvalue weighted by atomic mass is 16.5. The van der Waals surface area contributed by atoms with Crippen molar-refractivity contribution in [2.24, 2.45) is 0 Å². The maximum atomic E-state index is 12.9. The highest BCUT2D eigenvalue weighted by Gasteiger charge is 2.18. The molecule has 4 aromatic rings. The van der Waals surface area contributed by atoms with Gasteiger partial charge in [-0.3, -0.25) is 4.79 Å². The first-order valence-corrected chi connectivity index (χ1v) is 9.89. The van der Waals surface area contributed by atoms with Crippen molar-refractivity contribution in [1.82, 2.24) is 0 Å². The highest BCUT2D eigenvalue weighted by Crippen LogP contribution is 2.36. The second-order valence-corrected chi connectivity index (χ2v) is 6.93. The minimum atomic E-state index is -0.498. The Labute approximate surface area is 174 Å². The molecule has 1 heterocycles. The summed E-state index contributed by atoms with van der Waals surface area (Å²) in [5.74, 6) is 1.08. The molecule has 1 amide bonds. The zero-order valence-electron chi connectivity index (χ0n) is 17.2. The van der Waals surface area contributed by atoms with Gasteiger partial charge in [0.25, 0.3) is 0 Å². The van der Waals surface area contributed by atoms with Gasteiger partial charge in [-0.25, -0.2) is 0 Å². The number of ether oxygens (including phenoxy) is 2. The monoisotopic (exact) mass is 404 g/mol. The predicted octanol–water partition coefficient (Wildman–Crippen LogP) is 5.43. The fourth-order valence-corrected chi connectivity index (χ4v) is 3.43. The topological polar surface area (TPSA) is 72.7 Å². The van der Waals surface area contributed by atoms with E-state index in [1.807, 2.05) is 61.5 Å². The van der Waals surface area contributed by atoms with Crippen molar-refractivity contribution >= 4 is 39.2 Å². The van der Waals surface area contributed by atoms with E-state index in [-0.39, 0.29) is 5.91 Å². The van der Waals surface area contributed by atoms with Crippen LogP contribution in [-0.2, 0) is 4.79 Å². The molecule has 1 aromatic heterocycles. The molecule has 6 heteroatoms. The zero-order valence-corrected chi connectivity index (χ0v) is 17.2. The molecule has 0 saturated heterocycles. The van der Waals surface area contributed by atoms with Crippen LogP contribution < -0.4 is 20.1 Å². The molecule has 0 bridgehead atoms. The van der Waals surface area contributed by atoms with Crippen LogP contribution in [0.3, 0.4) is 0 Å². The lowest BCUT2D eigenvalue weighted by Gasteiger charge is -2.18.